The highest BCUT2D eigenvalue weighted by molar-refractivity contribution is 6.30. The Kier molecular flexibility index (Phi) is 6.07. The predicted molar refractivity (Wildman–Crippen MR) is 108 cm³/mol. The molecule has 0 amide bonds. The van der Waals surface area contributed by atoms with Crippen molar-refractivity contribution in [3.63, 3.8) is 0 Å². The molecule has 3 rings (SSSR count). The van der Waals surface area contributed by atoms with Crippen molar-refractivity contribution in [1.82, 2.24) is 0 Å². The van der Waals surface area contributed by atoms with E-state index in [0.29, 0.717) is 16.8 Å². The third-order valence-electron chi connectivity index (χ3n) is 4.11. The normalized spacial score (nSPS) is 11.6. The number of hydrogen-bond donors (Lipinski definition) is 0. The fourth-order valence-corrected chi connectivity index (χ4v) is 2.70. The molecule has 0 aliphatic carbocycles. The van der Waals surface area contributed by atoms with Crippen LogP contribution in [0.15, 0.2) is 65.7 Å². The van der Waals surface area contributed by atoms with E-state index in [9.17, 15) is 23.3 Å². The van der Waals surface area contributed by atoms with Gasteiger partial charge in [-0.05, 0) is 66.6 Å². The molecule has 0 radical (unpaired) electrons. The van der Waals surface area contributed by atoms with Gasteiger partial charge >= 0.3 is 11.9 Å². The van der Waals surface area contributed by atoms with Gasteiger partial charge in [-0.2, -0.15) is 13.2 Å². The van der Waals surface area contributed by atoms with Crippen LogP contribution >= 0.6 is 11.6 Å². The molecule has 0 atom stereocenters. The summed E-state index contributed by atoms with van der Waals surface area (Å²) >= 11 is 5.97. The quantitative estimate of drug-likeness (QED) is 0.244. The molecule has 3 aromatic rings. The number of nitro benzene ring substituents is 1. The van der Waals surface area contributed by atoms with E-state index in [1.165, 1.54) is 12.1 Å². The summed E-state index contributed by atoms with van der Waals surface area (Å²) in [5, 5.41) is 11.7. The second-order valence-corrected chi connectivity index (χ2v) is 6.73. The SMILES string of the molecule is Cc1ccc(Cl)cc1N=Cc1ccc(Oc2ccc(C(F)(F)F)cc2[N+](=O)[O-])cc1. The number of ether oxygens (including phenoxy) is 1. The van der Waals surface area contributed by atoms with Gasteiger partial charge in [-0.3, -0.25) is 15.1 Å². The molecule has 0 aromatic heterocycles. The van der Waals surface area contributed by atoms with Crippen LogP contribution in [-0.4, -0.2) is 11.1 Å². The van der Waals surface area contributed by atoms with Gasteiger partial charge in [0.25, 0.3) is 0 Å². The lowest BCUT2D eigenvalue weighted by Crippen LogP contribution is -2.06. The first-order chi connectivity index (χ1) is 14.1. The molecule has 0 saturated heterocycles. The molecular weight excluding hydrogens is 421 g/mol. The van der Waals surface area contributed by atoms with Crippen molar-refractivity contribution < 1.29 is 22.8 Å². The zero-order valence-corrected chi connectivity index (χ0v) is 16.2. The van der Waals surface area contributed by atoms with Crippen molar-refractivity contribution in [2.45, 2.75) is 13.1 Å². The van der Waals surface area contributed by atoms with Gasteiger partial charge in [0.05, 0.1) is 16.2 Å². The predicted octanol–water partition coefficient (Wildman–Crippen LogP) is 7.12. The van der Waals surface area contributed by atoms with Crippen molar-refractivity contribution in [3.05, 3.63) is 92.5 Å². The summed E-state index contributed by atoms with van der Waals surface area (Å²) in [7, 11) is 0. The van der Waals surface area contributed by atoms with E-state index < -0.39 is 22.4 Å². The van der Waals surface area contributed by atoms with Crippen LogP contribution in [0, 0.1) is 17.0 Å². The van der Waals surface area contributed by atoms with Crippen LogP contribution in [-0.2, 0) is 6.18 Å². The maximum atomic E-state index is 12.8. The Morgan fingerprint density at radius 2 is 1.77 bits per heavy atom. The minimum atomic E-state index is -4.69. The lowest BCUT2D eigenvalue weighted by Gasteiger charge is -2.10. The Hall–Kier alpha value is -3.39. The lowest BCUT2D eigenvalue weighted by molar-refractivity contribution is -0.385. The van der Waals surface area contributed by atoms with Gasteiger partial charge in [0, 0.05) is 17.3 Å². The average Bonchev–Trinajstić information content (AvgIpc) is 2.69. The standard InChI is InChI=1S/C21H14ClF3N2O3/c1-13-2-6-16(22)11-18(13)26-12-14-3-7-17(8-4-14)30-20-9-5-15(21(23,24)25)10-19(20)27(28)29/h2-12H,1H3. The molecule has 154 valence electrons. The molecule has 30 heavy (non-hydrogen) atoms. The van der Waals surface area contributed by atoms with Crippen molar-refractivity contribution in [2.24, 2.45) is 4.99 Å². The van der Waals surface area contributed by atoms with Gasteiger partial charge in [0.2, 0.25) is 5.75 Å². The van der Waals surface area contributed by atoms with E-state index in [-0.39, 0.29) is 11.5 Å². The van der Waals surface area contributed by atoms with Crippen LogP contribution in [0.4, 0.5) is 24.5 Å². The summed E-state index contributed by atoms with van der Waals surface area (Å²) in [6.45, 7) is 1.90. The van der Waals surface area contributed by atoms with Crippen LogP contribution in [0.1, 0.15) is 16.7 Å². The molecule has 0 unspecified atom stereocenters. The third kappa shape index (κ3) is 5.15. The summed E-state index contributed by atoms with van der Waals surface area (Å²) in [5.41, 5.74) is 0.494. The van der Waals surface area contributed by atoms with E-state index in [4.69, 9.17) is 16.3 Å². The highest BCUT2D eigenvalue weighted by Gasteiger charge is 2.33. The fourth-order valence-electron chi connectivity index (χ4n) is 2.54. The largest absolute Gasteiger partial charge is 0.450 e. The highest BCUT2D eigenvalue weighted by atomic mass is 35.5. The van der Waals surface area contributed by atoms with Gasteiger partial charge in [-0.1, -0.05) is 17.7 Å². The van der Waals surface area contributed by atoms with E-state index in [1.54, 1.807) is 30.5 Å². The second kappa shape index (κ2) is 8.54. The van der Waals surface area contributed by atoms with Crippen LogP contribution < -0.4 is 4.74 Å². The van der Waals surface area contributed by atoms with Crippen LogP contribution in [0.3, 0.4) is 0 Å². The third-order valence-corrected chi connectivity index (χ3v) is 4.35. The number of nitrogens with zero attached hydrogens (tertiary/aromatic N) is 2. The number of hydrogen-bond acceptors (Lipinski definition) is 4. The summed E-state index contributed by atoms with van der Waals surface area (Å²) in [6.07, 6.45) is -3.07. The number of alkyl halides is 3. The summed E-state index contributed by atoms with van der Waals surface area (Å²) < 4.78 is 43.8. The molecule has 0 fully saturated rings. The van der Waals surface area contributed by atoms with Gasteiger partial charge < -0.3 is 4.74 Å². The van der Waals surface area contributed by atoms with E-state index in [2.05, 4.69) is 4.99 Å². The Balaban J connectivity index is 1.80. The maximum absolute atomic E-state index is 12.8. The van der Waals surface area contributed by atoms with Crippen LogP contribution in [0.2, 0.25) is 5.02 Å². The van der Waals surface area contributed by atoms with Crippen LogP contribution in [0.5, 0.6) is 11.5 Å². The van der Waals surface area contributed by atoms with E-state index in [0.717, 1.165) is 23.3 Å². The number of rotatable bonds is 5. The smallest absolute Gasteiger partial charge is 0.416 e. The average molecular weight is 435 g/mol. The Morgan fingerprint density at radius 3 is 2.40 bits per heavy atom. The number of aryl methyl sites for hydroxylation is 1. The van der Waals surface area contributed by atoms with Gasteiger partial charge in [-0.25, -0.2) is 0 Å². The molecule has 5 nitrogen and oxygen atoms in total. The molecule has 0 bridgehead atoms. The first-order valence-corrected chi connectivity index (χ1v) is 8.95. The molecule has 0 aliphatic heterocycles. The number of aliphatic imine (C=N–C) groups is 1. The van der Waals surface area contributed by atoms with Crippen molar-refractivity contribution in [1.29, 1.82) is 0 Å². The molecule has 9 heteroatoms. The van der Waals surface area contributed by atoms with E-state index in [1.807, 2.05) is 13.0 Å². The van der Waals surface area contributed by atoms with Crippen molar-refractivity contribution in [2.75, 3.05) is 0 Å². The Bertz CT molecular complexity index is 1110. The number of nitro groups is 1. The van der Waals surface area contributed by atoms with Gasteiger partial charge in [0.1, 0.15) is 5.75 Å². The van der Waals surface area contributed by atoms with E-state index >= 15 is 0 Å². The zero-order chi connectivity index (χ0) is 21.9. The summed E-state index contributed by atoms with van der Waals surface area (Å²) in [4.78, 5) is 14.6. The zero-order valence-electron chi connectivity index (χ0n) is 15.5. The number of benzene rings is 3. The lowest BCUT2D eigenvalue weighted by atomic mass is 10.1. The minimum absolute atomic E-state index is 0.231. The van der Waals surface area contributed by atoms with Crippen molar-refractivity contribution >= 4 is 29.2 Å². The summed E-state index contributed by atoms with van der Waals surface area (Å²) in [6, 6.07) is 13.9. The molecule has 3 aromatic carbocycles. The summed E-state index contributed by atoms with van der Waals surface area (Å²) in [5.74, 6) is -0.0575. The van der Waals surface area contributed by atoms with Gasteiger partial charge in [-0.15, -0.1) is 0 Å². The fraction of sp³-hybridized carbons (Fsp3) is 0.0952. The first-order valence-electron chi connectivity index (χ1n) is 8.57. The van der Waals surface area contributed by atoms with Crippen LogP contribution in [0.25, 0.3) is 0 Å². The molecule has 0 N–H and O–H groups in total. The minimum Gasteiger partial charge on any atom is -0.450 e. The molecule has 0 heterocycles. The monoisotopic (exact) mass is 434 g/mol. The first kappa shape index (κ1) is 21.3. The number of halogens is 4. The molecular formula is C21H14ClF3N2O3. The Morgan fingerprint density at radius 1 is 1.07 bits per heavy atom. The van der Waals surface area contributed by atoms with Crippen molar-refractivity contribution in [3.8, 4) is 11.5 Å². The molecule has 0 spiro atoms. The second-order valence-electron chi connectivity index (χ2n) is 6.30. The maximum Gasteiger partial charge on any atom is 0.416 e. The molecule has 0 aliphatic rings. The van der Waals surface area contributed by atoms with Gasteiger partial charge in [0.15, 0.2) is 0 Å². The topological polar surface area (TPSA) is 64.7 Å². The highest BCUT2D eigenvalue weighted by Crippen LogP contribution is 2.37. The Labute approximate surface area is 174 Å². The molecule has 0 saturated carbocycles.